The molecular formula is C24H27Cl2N5O4. The maximum atomic E-state index is 12.6. The van der Waals surface area contributed by atoms with E-state index in [0.717, 1.165) is 19.5 Å². The van der Waals surface area contributed by atoms with Crippen LogP contribution in [-0.2, 0) is 20.7 Å². The Labute approximate surface area is 213 Å². The van der Waals surface area contributed by atoms with Gasteiger partial charge in [0.1, 0.15) is 0 Å². The maximum absolute atomic E-state index is 12.6. The molecule has 2 aromatic rings. The van der Waals surface area contributed by atoms with Crippen molar-refractivity contribution in [3.63, 3.8) is 0 Å². The molecule has 0 saturated carbocycles. The Morgan fingerprint density at radius 1 is 1.17 bits per heavy atom. The summed E-state index contributed by atoms with van der Waals surface area (Å²) in [4.78, 5) is 41.2. The average molecular weight is 520 g/mol. The molecule has 0 aromatic heterocycles. The first-order chi connectivity index (χ1) is 16.9. The minimum atomic E-state index is -0.477. The Kier molecular flexibility index (Phi) is 9.75. The second kappa shape index (κ2) is 13.0. The van der Waals surface area contributed by atoms with Gasteiger partial charge in [-0.25, -0.2) is 0 Å². The number of benzene rings is 2. The van der Waals surface area contributed by atoms with Gasteiger partial charge >= 0.3 is 5.97 Å². The lowest BCUT2D eigenvalue weighted by Crippen LogP contribution is -2.35. The number of anilines is 2. The summed E-state index contributed by atoms with van der Waals surface area (Å²) >= 11 is 12.4. The number of guanidine groups is 1. The number of esters is 1. The van der Waals surface area contributed by atoms with E-state index in [1.54, 1.807) is 31.2 Å². The molecule has 0 radical (unpaired) electrons. The minimum absolute atomic E-state index is 0.108. The molecule has 0 unspecified atom stereocenters. The van der Waals surface area contributed by atoms with Crippen LogP contribution in [0.15, 0.2) is 41.4 Å². The Morgan fingerprint density at radius 2 is 2.00 bits per heavy atom. The van der Waals surface area contributed by atoms with Gasteiger partial charge in [-0.05, 0) is 55.7 Å². The van der Waals surface area contributed by atoms with Crippen LogP contribution in [0.5, 0.6) is 0 Å². The van der Waals surface area contributed by atoms with E-state index in [9.17, 15) is 14.4 Å². The molecule has 1 aliphatic heterocycles. The molecule has 0 fully saturated rings. The number of carbonyl (C=O) groups is 3. The van der Waals surface area contributed by atoms with Crippen LogP contribution < -0.4 is 21.3 Å². The topological polar surface area (TPSA) is 121 Å². The largest absolute Gasteiger partial charge is 0.466 e. The number of nitrogens with one attached hydrogen (secondary N) is 4. The van der Waals surface area contributed by atoms with E-state index in [-0.39, 0.29) is 37.0 Å². The number of carbonyl (C=O) groups excluding carboxylic acids is 3. The third-order valence-corrected chi connectivity index (χ3v) is 5.52. The number of aliphatic imine (C=N–C) groups is 1. The Bertz CT molecular complexity index is 1120. The number of aryl methyl sites for hydroxylation is 1. The fraction of sp³-hybridized carbons (Fsp3) is 0.333. The van der Waals surface area contributed by atoms with Crippen LogP contribution in [0.4, 0.5) is 11.4 Å². The first kappa shape index (κ1) is 26.3. The van der Waals surface area contributed by atoms with Crippen LogP contribution in [0.25, 0.3) is 0 Å². The summed E-state index contributed by atoms with van der Waals surface area (Å²) in [5, 5.41) is 12.2. The highest BCUT2D eigenvalue weighted by atomic mass is 35.5. The lowest BCUT2D eigenvalue weighted by Gasteiger charge is -2.16. The van der Waals surface area contributed by atoms with Gasteiger partial charge < -0.3 is 26.0 Å². The van der Waals surface area contributed by atoms with Crippen LogP contribution in [0.3, 0.4) is 0 Å². The van der Waals surface area contributed by atoms with Crippen LogP contribution in [-0.4, -0.2) is 50.0 Å². The smallest absolute Gasteiger partial charge is 0.306 e. The van der Waals surface area contributed by atoms with Crippen LogP contribution in [0, 0.1) is 0 Å². The summed E-state index contributed by atoms with van der Waals surface area (Å²) in [6, 6.07) is 10.0. The highest BCUT2D eigenvalue weighted by Gasteiger charge is 2.16. The van der Waals surface area contributed by atoms with E-state index in [0.29, 0.717) is 33.5 Å². The molecule has 0 saturated heterocycles. The Balaban J connectivity index is 1.59. The summed E-state index contributed by atoms with van der Waals surface area (Å²) < 4.78 is 4.95. The van der Waals surface area contributed by atoms with Gasteiger partial charge in [-0.1, -0.05) is 29.3 Å². The zero-order valence-electron chi connectivity index (χ0n) is 19.2. The molecule has 1 heterocycles. The van der Waals surface area contributed by atoms with Crippen molar-refractivity contribution < 1.29 is 19.1 Å². The van der Waals surface area contributed by atoms with Gasteiger partial charge in [0.05, 0.1) is 23.9 Å². The van der Waals surface area contributed by atoms with Gasteiger partial charge in [-0.3, -0.25) is 19.4 Å². The summed E-state index contributed by atoms with van der Waals surface area (Å²) in [7, 11) is 0. The summed E-state index contributed by atoms with van der Waals surface area (Å²) in [6.45, 7) is 3.31. The van der Waals surface area contributed by atoms with Crippen LogP contribution in [0.1, 0.15) is 35.7 Å². The fourth-order valence-corrected chi connectivity index (χ4v) is 3.95. The number of rotatable bonds is 9. The number of halogens is 2. The molecule has 0 spiro atoms. The van der Waals surface area contributed by atoms with E-state index in [1.807, 2.05) is 6.07 Å². The van der Waals surface area contributed by atoms with Crippen LogP contribution in [0.2, 0.25) is 10.0 Å². The van der Waals surface area contributed by atoms with Crippen molar-refractivity contribution >= 4 is 58.3 Å². The van der Waals surface area contributed by atoms with Crippen molar-refractivity contribution in [2.45, 2.75) is 26.2 Å². The predicted octanol–water partition coefficient (Wildman–Crippen LogP) is 3.62. The molecule has 9 nitrogen and oxygen atoms in total. The Morgan fingerprint density at radius 3 is 2.74 bits per heavy atom. The third-order valence-electron chi connectivity index (χ3n) is 5.00. The van der Waals surface area contributed by atoms with Crippen molar-refractivity contribution in [1.82, 2.24) is 10.6 Å². The molecule has 2 amide bonds. The highest BCUT2D eigenvalue weighted by molar-refractivity contribution is 6.37. The molecule has 35 heavy (non-hydrogen) atoms. The number of hydrogen-bond donors (Lipinski definition) is 4. The van der Waals surface area contributed by atoms with Crippen molar-refractivity contribution in [3.05, 3.63) is 57.6 Å². The number of hydrogen-bond acceptors (Lipinski definition) is 7. The van der Waals surface area contributed by atoms with E-state index in [4.69, 9.17) is 27.9 Å². The molecule has 4 N–H and O–H groups in total. The molecule has 0 atom stereocenters. The lowest BCUT2D eigenvalue weighted by molar-refractivity contribution is -0.143. The van der Waals surface area contributed by atoms with E-state index >= 15 is 0 Å². The zero-order chi connectivity index (χ0) is 25.2. The summed E-state index contributed by atoms with van der Waals surface area (Å²) in [5.41, 5.74) is 2.02. The van der Waals surface area contributed by atoms with Gasteiger partial charge in [0.25, 0.3) is 5.91 Å². The molecule has 0 aliphatic carbocycles. The zero-order valence-corrected chi connectivity index (χ0v) is 20.8. The summed E-state index contributed by atoms with van der Waals surface area (Å²) in [6.07, 6.45) is 1.36. The SMILES string of the molecule is CCOC(=O)CCc1cc(Cl)cc(Cl)c1NC(=O)CNC(=O)c1cccc(NC2=NCCCN2)c1. The van der Waals surface area contributed by atoms with Gasteiger partial charge in [0, 0.05) is 35.8 Å². The highest BCUT2D eigenvalue weighted by Crippen LogP contribution is 2.31. The second-order valence-corrected chi connectivity index (χ2v) is 8.52. The standard InChI is InChI=1S/C24H27Cl2N5O4/c1-2-35-21(33)8-7-15-11-17(25)13-19(26)22(15)31-20(32)14-29-23(34)16-5-3-6-18(12-16)30-24-27-9-4-10-28-24/h3,5-6,11-13H,2,4,7-10,14H2,1H3,(H,29,34)(H,31,32)(H2,27,28,30). The summed E-state index contributed by atoms with van der Waals surface area (Å²) in [5.74, 6) is -0.593. The number of ether oxygens (including phenoxy) is 1. The van der Waals surface area contributed by atoms with Gasteiger partial charge in [0.15, 0.2) is 5.96 Å². The number of amides is 2. The third kappa shape index (κ3) is 8.15. The first-order valence-electron chi connectivity index (χ1n) is 11.2. The molecule has 2 aromatic carbocycles. The van der Waals surface area contributed by atoms with Gasteiger partial charge in [0.2, 0.25) is 5.91 Å². The number of nitrogens with zero attached hydrogens (tertiary/aromatic N) is 1. The van der Waals surface area contributed by atoms with Crippen molar-refractivity contribution in [3.8, 4) is 0 Å². The van der Waals surface area contributed by atoms with Gasteiger partial charge in [-0.2, -0.15) is 0 Å². The quantitative estimate of drug-likeness (QED) is 0.375. The molecule has 1 aliphatic rings. The van der Waals surface area contributed by atoms with Crippen LogP contribution >= 0.6 is 23.2 Å². The van der Waals surface area contributed by atoms with E-state index < -0.39 is 11.8 Å². The fourth-order valence-electron chi connectivity index (χ4n) is 3.37. The normalized spacial score (nSPS) is 12.7. The molecule has 11 heteroatoms. The average Bonchev–Trinajstić information content (AvgIpc) is 2.84. The molecule has 0 bridgehead atoms. The molecule has 186 valence electrons. The first-order valence-corrected chi connectivity index (χ1v) is 12.0. The Hall–Kier alpha value is -3.30. The van der Waals surface area contributed by atoms with Crippen molar-refractivity contribution in [1.29, 1.82) is 0 Å². The van der Waals surface area contributed by atoms with E-state index in [1.165, 1.54) is 6.07 Å². The molecular weight excluding hydrogens is 493 g/mol. The van der Waals surface area contributed by atoms with Crippen molar-refractivity contribution in [2.75, 3.05) is 36.9 Å². The second-order valence-electron chi connectivity index (χ2n) is 7.67. The maximum Gasteiger partial charge on any atom is 0.306 e. The minimum Gasteiger partial charge on any atom is -0.466 e. The lowest BCUT2D eigenvalue weighted by atomic mass is 10.1. The molecule has 3 rings (SSSR count). The van der Waals surface area contributed by atoms with E-state index in [2.05, 4.69) is 26.3 Å². The predicted molar refractivity (Wildman–Crippen MR) is 137 cm³/mol. The monoisotopic (exact) mass is 519 g/mol. The van der Waals surface area contributed by atoms with Crippen molar-refractivity contribution in [2.24, 2.45) is 4.99 Å². The van der Waals surface area contributed by atoms with Gasteiger partial charge in [-0.15, -0.1) is 0 Å².